The summed E-state index contributed by atoms with van der Waals surface area (Å²) in [6.45, 7) is 8.88. The molecule has 0 aromatic heterocycles. The fraction of sp³-hybridized carbons (Fsp3) is 0.562. The number of nitrogens with one attached hydrogen (secondary N) is 1. The van der Waals surface area contributed by atoms with Gasteiger partial charge >= 0.3 is 0 Å². The van der Waals surface area contributed by atoms with Gasteiger partial charge in [-0.3, -0.25) is 4.79 Å². The lowest BCUT2D eigenvalue weighted by Crippen LogP contribution is -2.45. The number of likely N-dealkylation sites (N-methyl/N-ethyl adjacent to an activating group) is 1. The maximum absolute atomic E-state index is 12.0. The summed E-state index contributed by atoms with van der Waals surface area (Å²) in [5, 5.41) is 3.25. The molecule has 0 aliphatic carbocycles. The second-order valence-electron chi connectivity index (χ2n) is 4.70. The molecule has 1 atom stereocenters. The van der Waals surface area contributed by atoms with Crippen LogP contribution in [-0.2, 0) is 4.79 Å². The molecule has 1 N–H and O–H groups in total. The molecule has 1 aromatic carbocycles. The predicted octanol–water partition coefficient (Wildman–Crippen LogP) is 2.30. The molecular formula is C16H26N2O2. The third kappa shape index (κ3) is 5.61. The van der Waals surface area contributed by atoms with Crippen molar-refractivity contribution in [1.29, 1.82) is 0 Å². The van der Waals surface area contributed by atoms with Crippen LogP contribution in [0.5, 0.6) is 5.75 Å². The first-order valence-electron chi connectivity index (χ1n) is 7.39. The van der Waals surface area contributed by atoms with E-state index in [1.54, 1.807) is 0 Å². The van der Waals surface area contributed by atoms with Crippen molar-refractivity contribution in [3.05, 3.63) is 30.3 Å². The molecule has 0 aliphatic rings. The average molecular weight is 278 g/mol. The molecular weight excluding hydrogens is 252 g/mol. The maximum Gasteiger partial charge on any atom is 0.239 e. The zero-order valence-corrected chi connectivity index (χ0v) is 12.8. The molecule has 0 saturated heterocycles. The van der Waals surface area contributed by atoms with E-state index >= 15 is 0 Å². The zero-order chi connectivity index (χ0) is 14.8. The van der Waals surface area contributed by atoms with Gasteiger partial charge in [0.15, 0.2) is 0 Å². The minimum absolute atomic E-state index is 0.133. The number of nitrogens with zero attached hydrogens (tertiary/aromatic N) is 1. The molecule has 1 rings (SSSR count). The molecule has 20 heavy (non-hydrogen) atoms. The highest BCUT2D eigenvalue weighted by Gasteiger charge is 2.16. The Morgan fingerprint density at radius 3 is 2.50 bits per heavy atom. The van der Waals surface area contributed by atoms with Crippen LogP contribution in [0.15, 0.2) is 30.3 Å². The van der Waals surface area contributed by atoms with Crippen molar-refractivity contribution in [3.63, 3.8) is 0 Å². The molecule has 4 heteroatoms. The molecule has 0 fully saturated rings. The topological polar surface area (TPSA) is 41.6 Å². The molecule has 0 radical (unpaired) electrons. The molecule has 0 aliphatic heterocycles. The van der Waals surface area contributed by atoms with E-state index in [4.69, 9.17) is 4.74 Å². The highest BCUT2D eigenvalue weighted by Crippen LogP contribution is 2.08. The maximum atomic E-state index is 12.0. The number of hydrogen-bond acceptors (Lipinski definition) is 3. The van der Waals surface area contributed by atoms with Gasteiger partial charge in [0.1, 0.15) is 5.75 Å². The van der Waals surface area contributed by atoms with E-state index in [1.165, 1.54) is 0 Å². The van der Waals surface area contributed by atoms with Crippen LogP contribution in [0.25, 0.3) is 0 Å². The quantitative estimate of drug-likeness (QED) is 0.705. The molecule has 4 nitrogen and oxygen atoms in total. The number of amides is 1. The molecule has 0 spiro atoms. The van der Waals surface area contributed by atoms with Crippen molar-refractivity contribution in [2.45, 2.75) is 33.2 Å². The van der Waals surface area contributed by atoms with Gasteiger partial charge in [-0.05, 0) is 45.9 Å². The van der Waals surface area contributed by atoms with E-state index < -0.39 is 0 Å². The number of ether oxygens (including phenoxy) is 1. The number of carbonyl (C=O) groups is 1. The van der Waals surface area contributed by atoms with Crippen molar-refractivity contribution in [2.24, 2.45) is 0 Å². The summed E-state index contributed by atoms with van der Waals surface area (Å²) in [7, 11) is 0. The molecule has 0 saturated carbocycles. The number of benzene rings is 1. The van der Waals surface area contributed by atoms with Crippen molar-refractivity contribution < 1.29 is 9.53 Å². The monoisotopic (exact) mass is 278 g/mol. The van der Waals surface area contributed by atoms with Crippen LogP contribution in [0.1, 0.15) is 27.2 Å². The van der Waals surface area contributed by atoms with E-state index in [1.807, 2.05) is 56.0 Å². The van der Waals surface area contributed by atoms with Gasteiger partial charge in [-0.2, -0.15) is 0 Å². The highest BCUT2D eigenvalue weighted by atomic mass is 16.5. The van der Waals surface area contributed by atoms with Crippen LogP contribution in [-0.4, -0.2) is 43.1 Å². The Morgan fingerprint density at radius 1 is 1.25 bits per heavy atom. The second-order valence-corrected chi connectivity index (χ2v) is 4.70. The molecule has 0 heterocycles. The van der Waals surface area contributed by atoms with E-state index in [0.29, 0.717) is 6.61 Å². The first-order chi connectivity index (χ1) is 9.69. The standard InChI is InChI=1S/C16H26N2O2/c1-4-18(5-2)16(19)14(3)17-12-9-13-20-15-10-7-6-8-11-15/h6-8,10-11,14,17H,4-5,9,12-13H2,1-3H3. The summed E-state index contributed by atoms with van der Waals surface area (Å²) < 4.78 is 5.60. The normalized spacial score (nSPS) is 11.9. The SMILES string of the molecule is CCN(CC)C(=O)C(C)NCCCOc1ccccc1. The predicted molar refractivity (Wildman–Crippen MR) is 81.9 cm³/mol. The first-order valence-corrected chi connectivity index (χ1v) is 7.39. The third-order valence-corrected chi connectivity index (χ3v) is 3.23. The van der Waals surface area contributed by atoms with Gasteiger partial charge in [0, 0.05) is 13.1 Å². The van der Waals surface area contributed by atoms with Gasteiger partial charge < -0.3 is 15.0 Å². The van der Waals surface area contributed by atoms with Crippen molar-refractivity contribution >= 4 is 5.91 Å². The Bertz CT molecular complexity index is 377. The summed E-state index contributed by atoms with van der Waals surface area (Å²) >= 11 is 0. The van der Waals surface area contributed by atoms with Crippen LogP contribution < -0.4 is 10.1 Å². The average Bonchev–Trinajstić information content (AvgIpc) is 2.49. The minimum Gasteiger partial charge on any atom is -0.494 e. The molecule has 1 aromatic rings. The van der Waals surface area contributed by atoms with Crippen molar-refractivity contribution in [2.75, 3.05) is 26.2 Å². The largest absolute Gasteiger partial charge is 0.494 e. The second kappa shape index (κ2) is 9.37. The van der Waals surface area contributed by atoms with Crippen LogP contribution >= 0.6 is 0 Å². The summed E-state index contributed by atoms with van der Waals surface area (Å²) in [6.07, 6.45) is 0.880. The van der Waals surface area contributed by atoms with Gasteiger partial charge in [-0.15, -0.1) is 0 Å². The van der Waals surface area contributed by atoms with Gasteiger partial charge in [-0.1, -0.05) is 18.2 Å². The Morgan fingerprint density at radius 2 is 1.90 bits per heavy atom. The fourth-order valence-corrected chi connectivity index (χ4v) is 1.99. The van der Waals surface area contributed by atoms with Crippen LogP contribution in [0.2, 0.25) is 0 Å². The van der Waals surface area contributed by atoms with E-state index in [0.717, 1.165) is 31.8 Å². The fourth-order valence-electron chi connectivity index (χ4n) is 1.99. The number of carbonyl (C=O) groups excluding carboxylic acids is 1. The summed E-state index contributed by atoms with van der Waals surface area (Å²) in [4.78, 5) is 13.9. The zero-order valence-electron chi connectivity index (χ0n) is 12.8. The molecule has 0 bridgehead atoms. The van der Waals surface area contributed by atoms with Crippen LogP contribution in [0.4, 0.5) is 0 Å². The molecule has 112 valence electrons. The van der Waals surface area contributed by atoms with Crippen LogP contribution in [0, 0.1) is 0 Å². The molecule has 1 amide bonds. The van der Waals surface area contributed by atoms with Gasteiger partial charge in [0.25, 0.3) is 0 Å². The van der Waals surface area contributed by atoms with Crippen molar-refractivity contribution in [3.8, 4) is 5.75 Å². The Hall–Kier alpha value is -1.55. The Balaban J connectivity index is 2.16. The Kier molecular flexibility index (Phi) is 7.73. The molecule has 1 unspecified atom stereocenters. The number of hydrogen-bond donors (Lipinski definition) is 1. The first kappa shape index (κ1) is 16.5. The van der Waals surface area contributed by atoms with Gasteiger partial charge in [0.05, 0.1) is 12.6 Å². The summed E-state index contributed by atoms with van der Waals surface area (Å²) in [5.41, 5.74) is 0. The van der Waals surface area contributed by atoms with Crippen molar-refractivity contribution in [1.82, 2.24) is 10.2 Å². The highest BCUT2D eigenvalue weighted by molar-refractivity contribution is 5.81. The lowest BCUT2D eigenvalue weighted by Gasteiger charge is -2.23. The van der Waals surface area contributed by atoms with E-state index in [9.17, 15) is 4.79 Å². The number of para-hydroxylation sites is 1. The minimum atomic E-state index is -0.133. The summed E-state index contributed by atoms with van der Waals surface area (Å²) in [6, 6.07) is 9.64. The smallest absolute Gasteiger partial charge is 0.239 e. The lowest BCUT2D eigenvalue weighted by atomic mass is 10.2. The van der Waals surface area contributed by atoms with E-state index in [2.05, 4.69) is 5.32 Å². The Labute approximate surface area is 122 Å². The van der Waals surface area contributed by atoms with E-state index in [-0.39, 0.29) is 11.9 Å². The van der Waals surface area contributed by atoms with Gasteiger partial charge in [-0.25, -0.2) is 0 Å². The number of rotatable bonds is 9. The van der Waals surface area contributed by atoms with Crippen LogP contribution in [0.3, 0.4) is 0 Å². The summed E-state index contributed by atoms with van der Waals surface area (Å²) in [5.74, 6) is 1.05. The lowest BCUT2D eigenvalue weighted by molar-refractivity contribution is -0.132. The van der Waals surface area contributed by atoms with Gasteiger partial charge in [0.2, 0.25) is 5.91 Å². The third-order valence-electron chi connectivity index (χ3n) is 3.23.